The predicted molar refractivity (Wildman–Crippen MR) is 110 cm³/mol. The molecule has 0 aromatic carbocycles. The zero-order valence-corrected chi connectivity index (χ0v) is 17.6. The van der Waals surface area contributed by atoms with Crippen molar-refractivity contribution in [3.63, 3.8) is 0 Å². The summed E-state index contributed by atoms with van der Waals surface area (Å²) in [6.07, 6.45) is 15.5. The Balaban J connectivity index is 1.47. The summed E-state index contributed by atoms with van der Waals surface area (Å²) in [5.41, 5.74) is 1.66. The molecule has 0 unspecified atom stereocenters. The van der Waals surface area contributed by atoms with Crippen molar-refractivity contribution in [3.8, 4) is 0 Å². The Labute approximate surface area is 162 Å². The van der Waals surface area contributed by atoms with Gasteiger partial charge in [-0.15, -0.1) is 0 Å². The SMILES string of the molecule is C=C(C)[C@H]1CC[C@H]2[C@@H]3CC[C@@H]4C[C@@](O)(CCCC)CC[C@@H]4[C@H]3CC[C@]12C. The first-order valence-corrected chi connectivity index (χ1v) is 11.8. The van der Waals surface area contributed by atoms with E-state index in [0.717, 1.165) is 54.8 Å². The highest BCUT2D eigenvalue weighted by molar-refractivity contribution is 5.14. The third-order valence-electron chi connectivity index (χ3n) is 9.69. The topological polar surface area (TPSA) is 20.2 Å². The lowest BCUT2D eigenvalue weighted by Crippen LogP contribution is -2.51. The van der Waals surface area contributed by atoms with Crippen LogP contribution in [0, 0.1) is 40.9 Å². The molecular formula is C25H42O. The molecule has 0 saturated heterocycles. The van der Waals surface area contributed by atoms with Crippen molar-refractivity contribution in [1.29, 1.82) is 0 Å². The van der Waals surface area contributed by atoms with Crippen molar-refractivity contribution in [2.75, 3.05) is 0 Å². The van der Waals surface area contributed by atoms with Gasteiger partial charge in [0.25, 0.3) is 0 Å². The molecular weight excluding hydrogens is 316 g/mol. The molecule has 4 fully saturated rings. The van der Waals surface area contributed by atoms with E-state index in [1.807, 2.05) is 0 Å². The summed E-state index contributed by atoms with van der Waals surface area (Å²) >= 11 is 0. The van der Waals surface area contributed by atoms with Gasteiger partial charge in [-0.1, -0.05) is 38.8 Å². The summed E-state index contributed by atoms with van der Waals surface area (Å²) in [5.74, 6) is 5.40. The Hall–Kier alpha value is -0.300. The summed E-state index contributed by atoms with van der Waals surface area (Å²) in [6, 6.07) is 0. The van der Waals surface area contributed by atoms with Gasteiger partial charge in [-0.25, -0.2) is 0 Å². The average Bonchev–Trinajstić information content (AvgIpc) is 2.97. The Bertz CT molecular complexity index is 538. The Kier molecular flexibility index (Phi) is 5.08. The molecule has 0 radical (unpaired) electrons. The molecule has 1 nitrogen and oxygen atoms in total. The van der Waals surface area contributed by atoms with E-state index in [9.17, 15) is 5.11 Å². The first-order chi connectivity index (χ1) is 12.4. The van der Waals surface area contributed by atoms with Crippen molar-refractivity contribution >= 4 is 0 Å². The molecule has 4 rings (SSSR count). The molecule has 26 heavy (non-hydrogen) atoms. The van der Waals surface area contributed by atoms with Crippen LogP contribution in [0.3, 0.4) is 0 Å². The number of hydrogen-bond acceptors (Lipinski definition) is 1. The standard InChI is InChI=1S/C25H42O/c1-5-6-13-25(26)15-12-19-18(16-25)7-8-21-20(19)11-14-24(4)22(17(2)3)9-10-23(21)24/h18-23,26H,2,5-16H2,1,3-4H3/t18-,19+,20-,21-,22-,23+,24-,25-/m1/s1. The Morgan fingerprint density at radius 2 is 1.77 bits per heavy atom. The molecule has 148 valence electrons. The first kappa shape index (κ1) is 19.0. The maximum absolute atomic E-state index is 11.1. The van der Waals surface area contributed by atoms with Crippen molar-refractivity contribution in [3.05, 3.63) is 12.2 Å². The molecule has 0 aromatic heterocycles. The maximum atomic E-state index is 11.1. The summed E-state index contributed by atoms with van der Waals surface area (Å²) in [4.78, 5) is 0. The van der Waals surface area contributed by atoms with Gasteiger partial charge >= 0.3 is 0 Å². The molecule has 4 aliphatic rings. The summed E-state index contributed by atoms with van der Waals surface area (Å²) < 4.78 is 0. The molecule has 0 bridgehead atoms. The molecule has 4 saturated carbocycles. The van der Waals surface area contributed by atoms with E-state index in [2.05, 4.69) is 27.4 Å². The highest BCUT2D eigenvalue weighted by atomic mass is 16.3. The van der Waals surface area contributed by atoms with E-state index in [1.54, 1.807) is 0 Å². The first-order valence-electron chi connectivity index (χ1n) is 11.8. The van der Waals surface area contributed by atoms with Gasteiger partial charge in [0.05, 0.1) is 5.60 Å². The fourth-order valence-electron chi connectivity index (χ4n) is 8.50. The molecule has 0 amide bonds. The fraction of sp³-hybridized carbons (Fsp3) is 0.920. The highest BCUT2D eigenvalue weighted by Gasteiger charge is 2.57. The number of unbranched alkanes of at least 4 members (excludes halogenated alkanes) is 1. The second-order valence-corrected chi connectivity index (χ2v) is 11.0. The smallest absolute Gasteiger partial charge is 0.0650 e. The lowest BCUT2D eigenvalue weighted by molar-refractivity contribution is -0.107. The van der Waals surface area contributed by atoms with Crippen molar-refractivity contribution in [2.24, 2.45) is 40.9 Å². The molecule has 0 aliphatic heterocycles. The van der Waals surface area contributed by atoms with E-state index in [0.29, 0.717) is 5.41 Å². The number of fused-ring (bicyclic) bond motifs is 5. The van der Waals surface area contributed by atoms with Crippen LogP contribution < -0.4 is 0 Å². The van der Waals surface area contributed by atoms with Crippen LogP contribution in [0.4, 0.5) is 0 Å². The van der Waals surface area contributed by atoms with Gasteiger partial charge in [-0.2, -0.15) is 0 Å². The van der Waals surface area contributed by atoms with Gasteiger partial charge in [0, 0.05) is 0 Å². The van der Waals surface area contributed by atoms with Gasteiger partial charge in [-0.05, 0) is 112 Å². The van der Waals surface area contributed by atoms with Crippen LogP contribution in [-0.2, 0) is 0 Å². The molecule has 0 heterocycles. The number of rotatable bonds is 4. The Morgan fingerprint density at radius 1 is 1.00 bits per heavy atom. The minimum Gasteiger partial charge on any atom is -0.390 e. The van der Waals surface area contributed by atoms with E-state index in [4.69, 9.17) is 0 Å². The highest BCUT2D eigenvalue weighted by Crippen LogP contribution is 2.65. The quantitative estimate of drug-likeness (QED) is 0.551. The van der Waals surface area contributed by atoms with Crippen LogP contribution in [0.1, 0.15) is 97.8 Å². The average molecular weight is 359 g/mol. The van der Waals surface area contributed by atoms with E-state index >= 15 is 0 Å². The van der Waals surface area contributed by atoms with Gasteiger partial charge in [0.15, 0.2) is 0 Å². The minimum absolute atomic E-state index is 0.328. The van der Waals surface area contributed by atoms with Crippen LogP contribution in [0.5, 0.6) is 0 Å². The summed E-state index contributed by atoms with van der Waals surface area (Å²) in [6.45, 7) is 11.5. The van der Waals surface area contributed by atoms with E-state index in [-0.39, 0.29) is 5.60 Å². The Morgan fingerprint density at radius 3 is 2.50 bits per heavy atom. The minimum atomic E-state index is -0.328. The molecule has 0 spiro atoms. The normalized spacial score (nSPS) is 50.6. The third kappa shape index (κ3) is 3.01. The van der Waals surface area contributed by atoms with Gasteiger partial charge in [0.2, 0.25) is 0 Å². The lowest BCUT2D eigenvalue weighted by atomic mass is 9.48. The number of allylic oxidation sites excluding steroid dienone is 1. The number of aliphatic hydroxyl groups is 1. The van der Waals surface area contributed by atoms with Crippen LogP contribution in [0.25, 0.3) is 0 Å². The molecule has 0 aromatic rings. The second kappa shape index (κ2) is 6.94. The monoisotopic (exact) mass is 358 g/mol. The molecule has 8 atom stereocenters. The zero-order valence-electron chi connectivity index (χ0n) is 17.6. The third-order valence-corrected chi connectivity index (χ3v) is 9.69. The summed E-state index contributed by atoms with van der Waals surface area (Å²) in [7, 11) is 0. The second-order valence-electron chi connectivity index (χ2n) is 11.0. The summed E-state index contributed by atoms with van der Waals surface area (Å²) in [5, 5.41) is 11.1. The molecule has 1 heteroatoms. The lowest BCUT2D eigenvalue weighted by Gasteiger charge is -2.57. The van der Waals surface area contributed by atoms with Gasteiger partial charge in [0.1, 0.15) is 0 Å². The van der Waals surface area contributed by atoms with Crippen molar-refractivity contribution < 1.29 is 5.11 Å². The largest absolute Gasteiger partial charge is 0.390 e. The molecule has 1 N–H and O–H groups in total. The number of hydrogen-bond donors (Lipinski definition) is 1. The van der Waals surface area contributed by atoms with E-state index < -0.39 is 0 Å². The zero-order chi connectivity index (χ0) is 18.5. The van der Waals surface area contributed by atoms with E-state index in [1.165, 1.54) is 63.4 Å². The maximum Gasteiger partial charge on any atom is 0.0650 e. The van der Waals surface area contributed by atoms with Crippen molar-refractivity contribution in [2.45, 2.75) is 103 Å². The van der Waals surface area contributed by atoms with Crippen molar-refractivity contribution in [1.82, 2.24) is 0 Å². The van der Waals surface area contributed by atoms with Crippen LogP contribution >= 0.6 is 0 Å². The molecule has 4 aliphatic carbocycles. The van der Waals surface area contributed by atoms with Crippen LogP contribution in [-0.4, -0.2) is 10.7 Å². The van der Waals surface area contributed by atoms with Gasteiger partial charge < -0.3 is 5.11 Å². The van der Waals surface area contributed by atoms with Crippen LogP contribution in [0.2, 0.25) is 0 Å². The predicted octanol–water partition coefficient (Wildman–Crippen LogP) is 6.75. The van der Waals surface area contributed by atoms with Gasteiger partial charge in [-0.3, -0.25) is 0 Å². The van der Waals surface area contributed by atoms with Crippen LogP contribution in [0.15, 0.2) is 12.2 Å². The fourth-order valence-corrected chi connectivity index (χ4v) is 8.50.